The van der Waals surface area contributed by atoms with Gasteiger partial charge in [0.1, 0.15) is 11.6 Å². The van der Waals surface area contributed by atoms with Crippen LogP contribution in [0.1, 0.15) is 10.4 Å². The van der Waals surface area contributed by atoms with Crippen molar-refractivity contribution in [1.29, 1.82) is 0 Å². The zero-order chi connectivity index (χ0) is 14.7. The lowest BCUT2D eigenvalue weighted by Crippen LogP contribution is -2.12. The molecule has 3 aromatic rings. The smallest absolute Gasteiger partial charge is 0.255 e. The monoisotopic (exact) mass is 281 g/mol. The van der Waals surface area contributed by atoms with Gasteiger partial charge in [0, 0.05) is 29.2 Å². The maximum Gasteiger partial charge on any atom is 0.255 e. The Morgan fingerprint density at radius 3 is 2.76 bits per heavy atom. The highest BCUT2D eigenvalue weighted by Gasteiger charge is 2.08. The topological polar surface area (TPSA) is 57.8 Å². The number of nitrogens with one attached hydrogen (secondary N) is 2. The van der Waals surface area contributed by atoms with Crippen molar-refractivity contribution in [1.82, 2.24) is 9.97 Å². The summed E-state index contributed by atoms with van der Waals surface area (Å²) >= 11 is 0. The number of amides is 1. The molecule has 0 radical (unpaired) electrons. The van der Waals surface area contributed by atoms with Crippen molar-refractivity contribution in [2.75, 3.05) is 5.32 Å². The molecule has 0 aliphatic heterocycles. The number of hydrogen-bond donors (Lipinski definition) is 2. The first-order chi connectivity index (χ1) is 10.2. The summed E-state index contributed by atoms with van der Waals surface area (Å²) < 4.78 is 13.1. The molecule has 0 saturated heterocycles. The standard InChI is InChI=1S/C16H12FN3O/c17-13-5-1-4-12(9-13)16(21)20-14-6-2-3-11(10-14)15-18-7-8-19-15/h1-10H,(H,18,19)(H,20,21). The molecule has 0 bridgehead atoms. The minimum Gasteiger partial charge on any atom is -0.345 e. The summed E-state index contributed by atoms with van der Waals surface area (Å²) in [5, 5.41) is 2.74. The van der Waals surface area contributed by atoms with Crippen LogP contribution >= 0.6 is 0 Å². The number of imidazole rings is 1. The molecule has 1 heterocycles. The SMILES string of the molecule is O=C(Nc1cccc(-c2ncc[nH]2)c1)c1cccc(F)c1. The second-order valence-electron chi connectivity index (χ2n) is 4.48. The molecule has 2 aromatic carbocycles. The maximum absolute atomic E-state index is 13.1. The molecule has 5 heteroatoms. The van der Waals surface area contributed by atoms with E-state index in [-0.39, 0.29) is 11.5 Å². The maximum atomic E-state index is 13.1. The van der Waals surface area contributed by atoms with Crippen molar-refractivity contribution in [3.05, 3.63) is 72.3 Å². The fourth-order valence-electron chi connectivity index (χ4n) is 2.00. The number of H-pyrrole nitrogens is 1. The molecule has 4 nitrogen and oxygen atoms in total. The zero-order valence-electron chi connectivity index (χ0n) is 11.0. The predicted molar refractivity (Wildman–Crippen MR) is 78.4 cm³/mol. The van der Waals surface area contributed by atoms with Crippen molar-refractivity contribution in [2.45, 2.75) is 0 Å². The second-order valence-corrected chi connectivity index (χ2v) is 4.48. The van der Waals surface area contributed by atoms with Crippen LogP contribution in [0, 0.1) is 5.82 Å². The fraction of sp³-hybridized carbons (Fsp3) is 0. The van der Waals surface area contributed by atoms with Gasteiger partial charge in [-0.25, -0.2) is 9.37 Å². The first-order valence-electron chi connectivity index (χ1n) is 6.39. The molecular weight excluding hydrogens is 269 g/mol. The third kappa shape index (κ3) is 2.97. The molecule has 1 aromatic heterocycles. The Morgan fingerprint density at radius 2 is 2.00 bits per heavy atom. The van der Waals surface area contributed by atoms with Crippen LogP contribution in [0.4, 0.5) is 10.1 Å². The van der Waals surface area contributed by atoms with E-state index >= 15 is 0 Å². The van der Waals surface area contributed by atoms with Crippen LogP contribution in [0.25, 0.3) is 11.4 Å². The number of hydrogen-bond acceptors (Lipinski definition) is 2. The van der Waals surface area contributed by atoms with Crippen LogP contribution in [0.15, 0.2) is 60.9 Å². The summed E-state index contributed by atoms with van der Waals surface area (Å²) in [4.78, 5) is 19.2. The number of aromatic amines is 1. The van der Waals surface area contributed by atoms with Gasteiger partial charge in [-0.2, -0.15) is 0 Å². The summed E-state index contributed by atoms with van der Waals surface area (Å²) in [7, 11) is 0. The first-order valence-corrected chi connectivity index (χ1v) is 6.39. The number of aromatic nitrogens is 2. The van der Waals surface area contributed by atoms with Crippen molar-refractivity contribution < 1.29 is 9.18 Å². The Hall–Kier alpha value is -2.95. The highest BCUT2D eigenvalue weighted by atomic mass is 19.1. The average molecular weight is 281 g/mol. The third-order valence-corrected chi connectivity index (χ3v) is 2.98. The highest BCUT2D eigenvalue weighted by Crippen LogP contribution is 2.19. The van der Waals surface area contributed by atoms with Crippen molar-refractivity contribution >= 4 is 11.6 Å². The van der Waals surface area contributed by atoms with Gasteiger partial charge in [0.05, 0.1) is 0 Å². The Kier molecular flexibility index (Phi) is 3.47. The molecule has 3 rings (SSSR count). The molecule has 0 saturated carbocycles. The van der Waals surface area contributed by atoms with Gasteiger partial charge >= 0.3 is 0 Å². The molecule has 21 heavy (non-hydrogen) atoms. The van der Waals surface area contributed by atoms with Crippen LogP contribution in [0.3, 0.4) is 0 Å². The van der Waals surface area contributed by atoms with Crippen LogP contribution in [0.2, 0.25) is 0 Å². The van der Waals surface area contributed by atoms with Gasteiger partial charge in [-0.05, 0) is 30.3 Å². The van der Waals surface area contributed by atoms with E-state index in [2.05, 4.69) is 15.3 Å². The van der Waals surface area contributed by atoms with E-state index in [0.717, 1.165) is 11.4 Å². The fourth-order valence-corrected chi connectivity index (χ4v) is 2.00. The summed E-state index contributed by atoms with van der Waals surface area (Å²) in [5.41, 5.74) is 1.76. The summed E-state index contributed by atoms with van der Waals surface area (Å²) in [6.07, 6.45) is 3.39. The van der Waals surface area contributed by atoms with Crippen molar-refractivity contribution in [2.24, 2.45) is 0 Å². The summed E-state index contributed by atoms with van der Waals surface area (Å²) in [5.74, 6) is -0.0741. The average Bonchev–Trinajstić information content (AvgIpc) is 3.02. The van der Waals surface area contributed by atoms with Crippen LogP contribution < -0.4 is 5.32 Å². The van der Waals surface area contributed by atoms with E-state index in [4.69, 9.17) is 0 Å². The number of benzene rings is 2. The van der Waals surface area contributed by atoms with Gasteiger partial charge in [-0.15, -0.1) is 0 Å². The van der Waals surface area contributed by atoms with Gasteiger partial charge in [-0.3, -0.25) is 4.79 Å². The van der Waals surface area contributed by atoms with Crippen molar-refractivity contribution in [3.8, 4) is 11.4 Å². The highest BCUT2D eigenvalue weighted by molar-refractivity contribution is 6.04. The lowest BCUT2D eigenvalue weighted by atomic mass is 10.1. The quantitative estimate of drug-likeness (QED) is 0.772. The first kappa shape index (κ1) is 13.1. The molecule has 0 spiro atoms. The van der Waals surface area contributed by atoms with E-state index in [9.17, 15) is 9.18 Å². The van der Waals surface area contributed by atoms with Gasteiger partial charge in [0.15, 0.2) is 0 Å². The molecule has 0 aliphatic carbocycles. The molecule has 1 amide bonds. The van der Waals surface area contributed by atoms with Crippen molar-refractivity contribution in [3.63, 3.8) is 0 Å². The molecule has 0 fully saturated rings. The van der Waals surface area contributed by atoms with Gasteiger partial charge in [0.25, 0.3) is 5.91 Å². The number of halogens is 1. The molecule has 0 unspecified atom stereocenters. The zero-order valence-corrected chi connectivity index (χ0v) is 11.0. The van der Waals surface area contributed by atoms with E-state index in [1.165, 1.54) is 18.2 Å². The van der Waals surface area contributed by atoms with Crippen LogP contribution in [0.5, 0.6) is 0 Å². The lowest BCUT2D eigenvalue weighted by molar-refractivity contribution is 0.102. The number of carbonyl (C=O) groups excluding carboxylic acids is 1. The number of rotatable bonds is 3. The number of anilines is 1. The second kappa shape index (κ2) is 5.58. The van der Waals surface area contributed by atoms with Crippen LogP contribution in [-0.4, -0.2) is 15.9 Å². The van der Waals surface area contributed by atoms with Gasteiger partial charge in [-0.1, -0.05) is 18.2 Å². The number of carbonyl (C=O) groups is 1. The number of nitrogens with zero attached hydrogens (tertiary/aromatic N) is 1. The third-order valence-electron chi connectivity index (χ3n) is 2.98. The molecule has 0 aliphatic rings. The minimum absolute atomic E-state index is 0.276. The molecular formula is C16H12FN3O. The van der Waals surface area contributed by atoms with Gasteiger partial charge < -0.3 is 10.3 Å². The molecule has 104 valence electrons. The van der Waals surface area contributed by atoms with E-state index in [1.54, 1.807) is 30.6 Å². The minimum atomic E-state index is -0.438. The summed E-state index contributed by atoms with van der Waals surface area (Å²) in [6.45, 7) is 0. The predicted octanol–water partition coefficient (Wildman–Crippen LogP) is 3.47. The molecule has 0 atom stereocenters. The lowest BCUT2D eigenvalue weighted by Gasteiger charge is -2.06. The molecule has 2 N–H and O–H groups in total. The van der Waals surface area contributed by atoms with E-state index in [0.29, 0.717) is 5.69 Å². The van der Waals surface area contributed by atoms with E-state index < -0.39 is 5.82 Å². The van der Waals surface area contributed by atoms with E-state index in [1.807, 2.05) is 12.1 Å². The Balaban J connectivity index is 1.82. The Morgan fingerprint density at radius 1 is 1.14 bits per heavy atom. The summed E-state index contributed by atoms with van der Waals surface area (Å²) in [6, 6.07) is 12.8. The van der Waals surface area contributed by atoms with Gasteiger partial charge in [0.2, 0.25) is 0 Å². The normalized spacial score (nSPS) is 10.3. The Labute approximate surface area is 120 Å². The Bertz CT molecular complexity index is 769. The van der Waals surface area contributed by atoms with Crippen LogP contribution in [-0.2, 0) is 0 Å². The largest absolute Gasteiger partial charge is 0.345 e.